The molecule has 1 aromatic carbocycles. The Bertz CT molecular complexity index is 821. The molecule has 1 heterocycles. The van der Waals surface area contributed by atoms with E-state index < -0.39 is 16.1 Å². The Labute approximate surface area is 152 Å². The molecule has 1 atom stereocenters. The smallest absolute Gasteiger partial charge is 0.240 e. The number of nitrogen functional groups attached to an aromatic ring is 1. The molecule has 8 nitrogen and oxygen atoms in total. The average molecular weight is 437 g/mol. The van der Waals surface area contributed by atoms with Crippen LogP contribution in [0.4, 0.5) is 11.5 Å². The summed E-state index contributed by atoms with van der Waals surface area (Å²) in [5, 5.41) is 12.8. The fourth-order valence-corrected chi connectivity index (χ4v) is 3.32. The number of aromatic nitrogens is 2. The number of nitrogens with two attached hydrogens (primary N) is 1. The van der Waals surface area contributed by atoms with E-state index in [1.807, 2.05) is 0 Å². The van der Waals surface area contributed by atoms with Crippen molar-refractivity contribution >= 4 is 49.1 Å². The van der Waals surface area contributed by atoms with Crippen LogP contribution >= 0.6 is 27.5 Å². The van der Waals surface area contributed by atoms with Crippen LogP contribution in [0.2, 0.25) is 5.28 Å². The van der Waals surface area contributed by atoms with E-state index in [1.165, 1.54) is 24.4 Å². The maximum absolute atomic E-state index is 12.1. The van der Waals surface area contributed by atoms with Crippen molar-refractivity contribution in [3.8, 4) is 0 Å². The lowest BCUT2D eigenvalue weighted by atomic mass is 10.3. The third kappa shape index (κ3) is 5.28. The number of benzene rings is 1. The van der Waals surface area contributed by atoms with Crippen LogP contribution in [-0.2, 0) is 10.0 Å². The molecule has 1 unspecified atom stereocenters. The van der Waals surface area contributed by atoms with Crippen molar-refractivity contribution in [3.05, 3.63) is 40.2 Å². The summed E-state index contributed by atoms with van der Waals surface area (Å²) in [5.74, 6) is 0.396. The van der Waals surface area contributed by atoms with Crippen LogP contribution in [0.3, 0.4) is 0 Å². The zero-order chi connectivity index (χ0) is 17.7. The third-order valence-electron chi connectivity index (χ3n) is 2.90. The van der Waals surface area contributed by atoms with Crippen molar-refractivity contribution in [1.29, 1.82) is 0 Å². The number of nitrogens with one attached hydrogen (secondary N) is 2. The molecule has 0 saturated carbocycles. The van der Waals surface area contributed by atoms with Gasteiger partial charge in [-0.15, -0.1) is 0 Å². The van der Waals surface area contributed by atoms with E-state index in [0.717, 1.165) is 0 Å². The minimum Gasteiger partial charge on any atom is -0.399 e. The average Bonchev–Trinajstić information content (AvgIpc) is 2.54. The molecule has 0 amide bonds. The van der Waals surface area contributed by atoms with E-state index in [-0.39, 0.29) is 23.3 Å². The lowest BCUT2D eigenvalue weighted by molar-refractivity contribution is 0.191. The molecule has 11 heteroatoms. The summed E-state index contributed by atoms with van der Waals surface area (Å²) >= 11 is 8.92. The Hall–Kier alpha value is -1.46. The molecule has 24 heavy (non-hydrogen) atoms. The summed E-state index contributed by atoms with van der Waals surface area (Å²) in [4.78, 5) is 7.76. The van der Waals surface area contributed by atoms with Crippen molar-refractivity contribution in [2.75, 3.05) is 24.1 Å². The predicted molar refractivity (Wildman–Crippen MR) is 95.3 cm³/mol. The highest BCUT2D eigenvalue weighted by Gasteiger charge is 2.16. The number of aliphatic hydroxyl groups is 1. The summed E-state index contributed by atoms with van der Waals surface area (Å²) in [6, 6.07) is 5.89. The number of aliphatic hydroxyl groups excluding tert-OH is 1. The van der Waals surface area contributed by atoms with Crippen molar-refractivity contribution in [1.82, 2.24) is 14.7 Å². The number of hydrogen-bond donors (Lipinski definition) is 4. The number of halogens is 2. The molecule has 0 bridgehead atoms. The van der Waals surface area contributed by atoms with Gasteiger partial charge in [-0.05, 0) is 45.7 Å². The highest BCUT2D eigenvalue weighted by atomic mass is 79.9. The zero-order valence-electron chi connectivity index (χ0n) is 12.3. The van der Waals surface area contributed by atoms with Gasteiger partial charge in [-0.2, -0.15) is 4.98 Å². The van der Waals surface area contributed by atoms with Gasteiger partial charge in [-0.3, -0.25) is 0 Å². The van der Waals surface area contributed by atoms with Gasteiger partial charge in [0.25, 0.3) is 0 Å². The molecular formula is C13H15BrClN5O3S. The van der Waals surface area contributed by atoms with E-state index >= 15 is 0 Å². The van der Waals surface area contributed by atoms with Crippen molar-refractivity contribution < 1.29 is 13.5 Å². The highest BCUT2D eigenvalue weighted by molar-refractivity contribution is 9.10. The summed E-state index contributed by atoms with van der Waals surface area (Å²) in [6.07, 6.45) is 0.480. The Morgan fingerprint density at radius 1 is 1.38 bits per heavy atom. The van der Waals surface area contributed by atoms with E-state index in [4.69, 9.17) is 17.3 Å². The minimum absolute atomic E-state index is 0.0352. The van der Waals surface area contributed by atoms with Crippen molar-refractivity contribution in [3.63, 3.8) is 0 Å². The van der Waals surface area contributed by atoms with Crippen LogP contribution in [0, 0.1) is 0 Å². The fraction of sp³-hybridized carbons (Fsp3) is 0.231. The number of rotatable bonds is 7. The van der Waals surface area contributed by atoms with E-state index in [1.54, 1.807) is 6.07 Å². The molecule has 0 radical (unpaired) electrons. The van der Waals surface area contributed by atoms with Crippen molar-refractivity contribution in [2.24, 2.45) is 0 Å². The molecule has 0 aliphatic rings. The maximum Gasteiger partial charge on any atom is 0.240 e. The normalized spacial score (nSPS) is 12.8. The molecule has 0 aliphatic heterocycles. The van der Waals surface area contributed by atoms with Gasteiger partial charge >= 0.3 is 0 Å². The molecular weight excluding hydrogens is 422 g/mol. The van der Waals surface area contributed by atoms with Crippen LogP contribution in [0.5, 0.6) is 0 Å². The second-order valence-electron chi connectivity index (χ2n) is 4.79. The Morgan fingerprint density at radius 2 is 2.12 bits per heavy atom. The van der Waals surface area contributed by atoms with Gasteiger partial charge in [0.2, 0.25) is 15.3 Å². The quantitative estimate of drug-likeness (QED) is 0.379. The molecule has 0 aliphatic carbocycles. The number of nitrogens with zero attached hydrogens (tertiary/aromatic N) is 2. The molecule has 0 spiro atoms. The Kier molecular flexibility index (Phi) is 6.35. The van der Waals surface area contributed by atoms with Crippen LogP contribution in [0.15, 0.2) is 39.8 Å². The highest BCUT2D eigenvalue weighted by Crippen LogP contribution is 2.20. The van der Waals surface area contributed by atoms with Crippen molar-refractivity contribution in [2.45, 2.75) is 11.0 Å². The summed E-state index contributed by atoms with van der Waals surface area (Å²) in [6.45, 7) is -0.119. The predicted octanol–water partition coefficient (Wildman–Crippen LogP) is 1.23. The molecule has 5 N–H and O–H groups in total. The number of sulfonamides is 1. The standard InChI is InChI=1S/C13H15BrClN5O3S/c14-11-7-18-13(15)20-12(11)17-5-9(21)6-19-24(22,23)10-3-1-2-8(16)4-10/h1-4,7,9,19,21H,5-6,16H2,(H,17,18,20). The summed E-state index contributed by atoms with van der Waals surface area (Å²) in [5.41, 5.74) is 5.91. The third-order valence-corrected chi connectivity index (χ3v) is 5.08. The Balaban J connectivity index is 1.91. The molecule has 0 saturated heterocycles. The monoisotopic (exact) mass is 435 g/mol. The maximum atomic E-state index is 12.1. The molecule has 1 aromatic heterocycles. The summed E-state index contributed by atoms with van der Waals surface area (Å²) < 4.78 is 27.1. The molecule has 0 fully saturated rings. The number of hydrogen-bond acceptors (Lipinski definition) is 7. The van der Waals surface area contributed by atoms with E-state index in [2.05, 4.69) is 35.9 Å². The lowest BCUT2D eigenvalue weighted by Crippen LogP contribution is -2.36. The van der Waals surface area contributed by atoms with Gasteiger partial charge in [0.15, 0.2) is 0 Å². The topological polar surface area (TPSA) is 130 Å². The fourth-order valence-electron chi connectivity index (χ4n) is 1.73. The largest absolute Gasteiger partial charge is 0.399 e. The van der Waals surface area contributed by atoms with Gasteiger partial charge in [0.1, 0.15) is 5.82 Å². The first-order valence-electron chi connectivity index (χ1n) is 6.73. The molecule has 2 aromatic rings. The van der Waals surface area contributed by atoms with Gasteiger partial charge in [-0.1, -0.05) is 6.07 Å². The van der Waals surface area contributed by atoms with E-state index in [0.29, 0.717) is 16.0 Å². The van der Waals surface area contributed by atoms with E-state index in [9.17, 15) is 13.5 Å². The SMILES string of the molecule is Nc1cccc(S(=O)(=O)NCC(O)CNc2nc(Cl)ncc2Br)c1. The first-order valence-corrected chi connectivity index (χ1v) is 9.38. The second kappa shape index (κ2) is 8.08. The minimum atomic E-state index is -3.75. The van der Waals surface area contributed by atoms with Crippen LogP contribution in [-0.4, -0.2) is 42.7 Å². The van der Waals surface area contributed by atoms with Gasteiger partial charge < -0.3 is 16.2 Å². The second-order valence-corrected chi connectivity index (χ2v) is 7.75. The van der Waals surface area contributed by atoms with Gasteiger partial charge in [0, 0.05) is 25.0 Å². The lowest BCUT2D eigenvalue weighted by Gasteiger charge is -2.14. The summed E-state index contributed by atoms with van der Waals surface area (Å²) in [7, 11) is -3.75. The Morgan fingerprint density at radius 3 is 2.83 bits per heavy atom. The van der Waals surface area contributed by atoms with Gasteiger partial charge in [0.05, 0.1) is 15.5 Å². The number of anilines is 2. The molecule has 2 rings (SSSR count). The zero-order valence-corrected chi connectivity index (χ0v) is 15.4. The molecule has 130 valence electrons. The van der Waals surface area contributed by atoms with Crippen LogP contribution in [0.1, 0.15) is 0 Å². The van der Waals surface area contributed by atoms with Crippen LogP contribution < -0.4 is 15.8 Å². The first-order chi connectivity index (χ1) is 11.3. The van der Waals surface area contributed by atoms with Gasteiger partial charge in [-0.25, -0.2) is 18.1 Å². The first kappa shape index (κ1) is 18.9. The van der Waals surface area contributed by atoms with Crippen LogP contribution in [0.25, 0.3) is 0 Å².